The van der Waals surface area contributed by atoms with E-state index in [-0.39, 0.29) is 0 Å². The molecule has 1 aliphatic carbocycles. The number of hydrogen-bond acceptors (Lipinski definition) is 2. The van der Waals surface area contributed by atoms with Crippen molar-refractivity contribution >= 4 is 11.6 Å². The fourth-order valence-electron chi connectivity index (χ4n) is 2.00. The summed E-state index contributed by atoms with van der Waals surface area (Å²) in [5, 5.41) is 3.87. The van der Waals surface area contributed by atoms with E-state index in [2.05, 4.69) is 5.32 Å². The minimum absolute atomic E-state index is 0.333. The Bertz CT molecular complexity index is 143. The van der Waals surface area contributed by atoms with Crippen LogP contribution in [-0.2, 0) is 4.74 Å². The van der Waals surface area contributed by atoms with E-state index in [1.165, 1.54) is 32.1 Å². The fraction of sp³-hybridized carbons (Fsp3) is 1.00. The van der Waals surface area contributed by atoms with Crippen LogP contribution in [0.25, 0.3) is 0 Å². The molecule has 1 fully saturated rings. The summed E-state index contributed by atoms with van der Waals surface area (Å²) in [5.74, 6) is 0. The Morgan fingerprint density at radius 2 is 2.07 bits per heavy atom. The van der Waals surface area contributed by atoms with E-state index in [0.717, 1.165) is 19.6 Å². The zero-order valence-electron chi connectivity index (χ0n) is 9.10. The number of methoxy groups -OCH3 is 1. The van der Waals surface area contributed by atoms with Crippen LogP contribution in [0.1, 0.15) is 38.5 Å². The van der Waals surface area contributed by atoms with Crippen molar-refractivity contribution in [1.82, 2.24) is 5.32 Å². The molecule has 0 spiro atoms. The standard InChI is InChI=1S/C11H22ClNO/c1-14-9-5-8-13-11-7-4-2-3-6-10(11)12/h10-11,13H,2-9H2,1H3. The molecule has 2 unspecified atom stereocenters. The van der Waals surface area contributed by atoms with Gasteiger partial charge in [0.25, 0.3) is 0 Å². The van der Waals surface area contributed by atoms with Crippen molar-refractivity contribution in [1.29, 1.82) is 0 Å². The van der Waals surface area contributed by atoms with E-state index in [4.69, 9.17) is 16.3 Å². The summed E-state index contributed by atoms with van der Waals surface area (Å²) >= 11 is 6.31. The number of alkyl halides is 1. The Morgan fingerprint density at radius 3 is 2.86 bits per heavy atom. The third-order valence-corrected chi connectivity index (χ3v) is 3.39. The fourth-order valence-corrected chi connectivity index (χ4v) is 2.37. The molecule has 1 aliphatic rings. The first-order valence-electron chi connectivity index (χ1n) is 5.71. The van der Waals surface area contributed by atoms with Gasteiger partial charge in [-0.3, -0.25) is 0 Å². The van der Waals surface area contributed by atoms with Gasteiger partial charge < -0.3 is 10.1 Å². The summed E-state index contributed by atoms with van der Waals surface area (Å²) in [7, 11) is 1.75. The molecule has 0 aliphatic heterocycles. The largest absolute Gasteiger partial charge is 0.385 e. The van der Waals surface area contributed by atoms with Gasteiger partial charge in [0, 0.05) is 25.1 Å². The highest BCUT2D eigenvalue weighted by Gasteiger charge is 2.20. The van der Waals surface area contributed by atoms with Crippen LogP contribution in [-0.4, -0.2) is 31.7 Å². The van der Waals surface area contributed by atoms with Crippen LogP contribution in [0.2, 0.25) is 0 Å². The SMILES string of the molecule is COCCCNC1CCCCCC1Cl. The van der Waals surface area contributed by atoms with Crippen LogP contribution in [0.3, 0.4) is 0 Å². The maximum Gasteiger partial charge on any atom is 0.0489 e. The molecule has 14 heavy (non-hydrogen) atoms. The molecule has 84 valence electrons. The van der Waals surface area contributed by atoms with Crippen molar-refractivity contribution < 1.29 is 4.74 Å². The second kappa shape index (κ2) is 7.49. The normalized spacial score (nSPS) is 28.7. The summed E-state index contributed by atoms with van der Waals surface area (Å²) in [6.45, 7) is 1.87. The molecule has 0 heterocycles. The molecular weight excluding hydrogens is 198 g/mol. The van der Waals surface area contributed by atoms with Gasteiger partial charge in [0.2, 0.25) is 0 Å². The molecule has 0 amide bonds. The van der Waals surface area contributed by atoms with Gasteiger partial charge in [-0.25, -0.2) is 0 Å². The smallest absolute Gasteiger partial charge is 0.0489 e. The van der Waals surface area contributed by atoms with Gasteiger partial charge in [0.15, 0.2) is 0 Å². The number of ether oxygens (including phenoxy) is 1. The van der Waals surface area contributed by atoms with Crippen LogP contribution >= 0.6 is 11.6 Å². The number of hydrogen-bond donors (Lipinski definition) is 1. The van der Waals surface area contributed by atoms with Crippen molar-refractivity contribution in [2.45, 2.75) is 49.9 Å². The predicted octanol–water partition coefficient (Wildman–Crippen LogP) is 2.55. The summed E-state index contributed by atoms with van der Waals surface area (Å²) in [4.78, 5) is 0. The molecule has 1 N–H and O–H groups in total. The van der Waals surface area contributed by atoms with Gasteiger partial charge in [-0.15, -0.1) is 11.6 Å². The minimum atomic E-state index is 0.333. The molecule has 0 aromatic rings. The lowest BCUT2D eigenvalue weighted by atomic mass is 10.1. The Labute approximate surface area is 92.3 Å². The lowest BCUT2D eigenvalue weighted by molar-refractivity contribution is 0.193. The van der Waals surface area contributed by atoms with E-state index in [0.29, 0.717) is 11.4 Å². The molecule has 0 radical (unpaired) electrons. The first-order chi connectivity index (χ1) is 6.84. The van der Waals surface area contributed by atoms with Gasteiger partial charge in [-0.1, -0.05) is 19.3 Å². The summed E-state index contributed by atoms with van der Waals surface area (Å²) < 4.78 is 5.01. The average Bonchev–Trinajstić information content (AvgIpc) is 2.39. The van der Waals surface area contributed by atoms with Gasteiger partial charge in [-0.05, 0) is 25.8 Å². The first kappa shape index (κ1) is 12.3. The molecular formula is C11H22ClNO. The third-order valence-electron chi connectivity index (χ3n) is 2.86. The lowest BCUT2D eigenvalue weighted by Gasteiger charge is -2.21. The molecule has 0 aromatic carbocycles. The zero-order chi connectivity index (χ0) is 10.2. The Kier molecular flexibility index (Phi) is 6.57. The Hall–Kier alpha value is 0.210. The molecule has 1 saturated carbocycles. The molecule has 3 heteroatoms. The summed E-state index contributed by atoms with van der Waals surface area (Å²) in [6.07, 6.45) is 7.45. The minimum Gasteiger partial charge on any atom is -0.385 e. The monoisotopic (exact) mass is 219 g/mol. The second-order valence-corrected chi connectivity index (χ2v) is 4.62. The summed E-state index contributed by atoms with van der Waals surface area (Å²) in [6, 6.07) is 0.524. The molecule has 0 aromatic heterocycles. The van der Waals surface area contributed by atoms with E-state index < -0.39 is 0 Å². The van der Waals surface area contributed by atoms with E-state index in [1.54, 1.807) is 7.11 Å². The van der Waals surface area contributed by atoms with Crippen molar-refractivity contribution in [2.24, 2.45) is 0 Å². The predicted molar refractivity (Wildman–Crippen MR) is 61.0 cm³/mol. The topological polar surface area (TPSA) is 21.3 Å². The quantitative estimate of drug-likeness (QED) is 0.436. The van der Waals surface area contributed by atoms with Crippen molar-refractivity contribution in [3.05, 3.63) is 0 Å². The van der Waals surface area contributed by atoms with Crippen LogP contribution in [0.4, 0.5) is 0 Å². The Morgan fingerprint density at radius 1 is 1.29 bits per heavy atom. The molecule has 2 nitrogen and oxygen atoms in total. The lowest BCUT2D eigenvalue weighted by Crippen LogP contribution is -2.37. The van der Waals surface area contributed by atoms with Gasteiger partial charge in [0.05, 0.1) is 0 Å². The van der Waals surface area contributed by atoms with E-state index >= 15 is 0 Å². The molecule has 1 rings (SSSR count). The van der Waals surface area contributed by atoms with E-state index in [1.807, 2.05) is 0 Å². The van der Waals surface area contributed by atoms with Crippen LogP contribution in [0.15, 0.2) is 0 Å². The number of nitrogens with one attached hydrogen (secondary N) is 1. The molecule has 0 saturated heterocycles. The Balaban J connectivity index is 2.13. The van der Waals surface area contributed by atoms with Crippen LogP contribution in [0.5, 0.6) is 0 Å². The highest BCUT2D eigenvalue weighted by atomic mass is 35.5. The van der Waals surface area contributed by atoms with Crippen LogP contribution < -0.4 is 5.32 Å². The zero-order valence-corrected chi connectivity index (χ0v) is 9.85. The average molecular weight is 220 g/mol. The van der Waals surface area contributed by atoms with Crippen molar-refractivity contribution in [3.8, 4) is 0 Å². The molecule has 2 atom stereocenters. The van der Waals surface area contributed by atoms with E-state index in [9.17, 15) is 0 Å². The van der Waals surface area contributed by atoms with Gasteiger partial charge in [-0.2, -0.15) is 0 Å². The van der Waals surface area contributed by atoms with Crippen LogP contribution in [0, 0.1) is 0 Å². The number of halogens is 1. The maximum atomic E-state index is 6.31. The highest BCUT2D eigenvalue weighted by Crippen LogP contribution is 2.22. The van der Waals surface area contributed by atoms with Gasteiger partial charge >= 0.3 is 0 Å². The third kappa shape index (κ3) is 4.63. The number of rotatable bonds is 5. The highest BCUT2D eigenvalue weighted by molar-refractivity contribution is 6.21. The molecule has 0 bridgehead atoms. The first-order valence-corrected chi connectivity index (χ1v) is 6.14. The van der Waals surface area contributed by atoms with Crippen molar-refractivity contribution in [3.63, 3.8) is 0 Å². The summed E-state index contributed by atoms with van der Waals surface area (Å²) in [5.41, 5.74) is 0. The van der Waals surface area contributed by atoms with Gasteiger partial charge in [0.1, 0.15) is 0 Å². The van der Waals surface area contributed by atoms with Crippen molar-refractivity contribution in [2.75, 3.05) is 20.3 Å². The second-order valence-electron chi connectivity index (χ2n) is 4.06. The maximum absolute atomic E-state index is 6.31.